The first-order chi connectivity index (χ1) is 11.2. The average molecular weight is 324 g/mol. The fourth-order valence-electron chi connectivity index (χ4n) is 2.34. The number of halogens is 1. The van der Waals surface area contributed by atoms with Crippen LogP contribution < -0.4 is 0 Å². The van der Waals surface area contributed by atoms with E-state index in [-0.39, 0.29) is 5.82 Å². The first-order valence-corrected chi connectivity index (χ1v) is 7.59. The molecule has 112 valence electrons. The number of nitriles is 1. The summed E-state index contributed by atoms with van der Waals surface area (Å²) in [6.45, 7) is 1.68. The van der Waals surface area contributed by atoms with Crippen molar-refractivity contribution >= 4 is 16.3 Å². The summed E-state index contributed by atoms with van der Waals surface area (Å²) in [6, 6.07) is 10.4. The smallest absolute Gasteiger partial charge is 0.214 e. The first-order valence-electron chi connectivity index (χ1n) is 6.77. The molecule has 0 amide bonds. The second-order valence-corrected chi connectivity index (χ2v) is 5.92. The Hall–Kier alpha value is -2.98. The maximum Gasteiger partial charge on any atom is 0.214 e. The van der Waals surface area contributed by atoms with Gasteiger partial charge in [0.2, 0.25) is 4.96 Å². The van der Waals surface area contributed by atoms with Gasteiger partial charge in [0.05, 0.1) is 6.26 Å². The van der Waals surface area contributed by atoms with Crippen molar-refractivity contribution in [2.24, 2.45) is 0 Å². The normalized spacial score (nSPS) is 11.0. The highest BCUT2D eigenvalue weighted by molar-refractivity contribution is 7.19. The highest BCUT2D eigenvalue weighted by atomic mass is 32.1. The summed E-state index contributed by atoms with van der Waals surface area (Å²) in [5.41, 5.74) is 2.02. The highest BCUT2D eigenvalue weighted by Crippen LogP contribution is 2.31. The molecule has 0 unspecified atom stereocenters. The van der Waals surface area contributed by atoms with Crippen molar-refractivity contribution in [3.63, 3.8) is 0 Å². The SMILES string of the molecule is Cc1cc(-c2nc3sc(-c4ccco4)nn3c2C#N)ccc1F. The second-order valence-electron chi connectivity index (χ2n) is 4.96. The molecule has 0 N–H and O–H groups in total. The topological polar surface area (TPSA) is 67.1 Å². The molecule has 0 aliphatic carbocycles. The zero-order chi connectivity index (χ0) is 16.0. The van der Waals surface area contributed by atoms with Gasteiger partial charge in [-0.2, -0.15) is 9.78 Å². The van der Waals surface area contributed by atoms with Gasteiger partial charge in [-0.3, -0.25) is 0 Å². The number of benzene rings is 1. The molecule has 5 nitrogen and oxygen atoms in total. The van der Waals surface area contributed by atoms with E-state index in [4.69, 9.17) is 4.42 Å². The van der Waals surface area contributed by atoms with Gasteiger partial charge < -0.3 is 4.42 Å². The quantitative estimate of drug-likeness (QED) is 0.558. The predicted octanol–water partition coefficient (Wildman–Crippen LogP) is 4.04. The van der Waals surface area contributed by atoms with Crippen molar-refractivity contribution in [2.75, 3.05) is 0 Å². The third kappa shape index (κ3) is 2.12. The largest absolute Gasteiger partial charge is 0.462 e. The fourth-order valence-corrected chi connectivity index (χ4v) is 3.21. The summed E-state index contributed by atoms with van der Waals surface area (Å²) in [6.07, 6.45) is 1.57. The lowest BCUT2D eigenvalue weighted by atomic mass is 10.1. The van der Waals surface area contributed by atoms with Gasteiger partial charge in [0.1, 0.15) is 17.6 Å². The van der Waals surface area contributed by atoms with E-state index in [1.165, 1.54) is 21.9 Å². The number of fused-ring (bicyclic) bond motifs is 1. The minimum atomic E-state index is -0.286. The van der Waals surface area contributed by atoms with Crippen LogP contribution in [0.2, 0.25) is 0 Å². The zero-order valence-electron chi connectivity index (χ0n) is 11.9. The van der Waals surface area contributed by atoms with Crippen molar-refractivity contribution in [3.8, 4) is 28.1 Å². The minimum Gasteiger partial charge on any atom is -0.462 e. The van der Waals surface area contributed by atoms with Crippen LogP contribution in [-0.2, 0) is 0 Å². The maximum absolute atomic E-state index is 13.4. The Bertz CT molecular complexity index is 1060. The molecule has 23 heavy (non-hydrogen) atoms. The van der Waals surface area contributed by atoms with Gasteiger partial charge in [0.15, 0.2) is 16.5 Å². The van der Waals surface area contributed by atoms with E-state index in [0.717, 1.165) is 0 Å². The van der Waals surface area contributed by atoms with Gasteiger partial charge in [0, 0.05) is 5.56 Å². The van der Waals surface area contributed by atoms with Gasteiger partial charge >= 0.3 is 0 Å². The van der Waals surface area contributed by atoms with Crippen LogP contribution in [0, 0.1) is 24.1 Å². The van der Waals surface area contributed by atoms with Crippen LogP contribution in [0.4, 0.5) is 4.39 Å². The molecule has 4 rings (SSSR count). The van der Waals surface area contributed by atoms with Gasteiger partial charge in [0.25, 0.3) is 0 Å². The van der Waals surface area contributed by atoms with Gasteiger partial charge in [-0.25, -0.2) is 9.37 Å². The number of rotatable bonds is 2. The molecule has 0 spiro atoms. The lowest BCUT2D eigenvalue weighted by molar-refractivity contribution is 0.580. The van der Waals surface area contributed by atoms with E-state index in [1.807, 2.05) is 0 Å². The molecule has 0 saturated heterocycles. The Labute approximate surface area is 134 Å². The van der Waals surface area contributed by atoms with Gasteiger partial charge in [-0.1, -0.05) is 11.3 Å². The summed E-state index contributed by atoms with van der Waals surface area (Å²) < 4.78 is 20.3. The Morgan fingerprint density at radius 2 is 2.22 bits per heavy atom. The molecule has 1 aromatic carbocycles. The number of aromatic nitrogens is 3. The molecule has 3 aromatic heterocycles. The van der Waals surface area contributed by atoms with Crippen molar-refractivity contribution in [1.82, 2.24) is 14.6 Å². The van der Waals surface area contributed by atoms with Crippen LogP contribution in [0.25, 0.3) is 27.0 Å². The van der Waals surface area contributed by atoms with Crippen molar-refractivity contribution in [3.05, 3.63) is 53.7 Å². The number of nitrogens with zero attached hydrogens (tertiary/aromatic N) is 4. The lowest BCUT2D eigenvalue weighted by Crippen LogP contribution is -1.91. The summed E-state index contributed by atoms with van der Waals surface area (Å²) >= 11 is 1.33. The standard InChI is InChI=1S/C16H9FN4OS/c1-9-7-10(4-5-11(9)17)14-12(8-18)21-16(19-14)23-15(20-21)13-3-2-6-22-13/h2-7H,1H3. The Balaban J connectivity index is 1.90. The molecule has 0 saturated carbocycles. The summed E-state index contributed by atoms with van der Waals surface area (Å²) in [5.74, 6) is 0.343. The Kier molecular flexibility index (Phi) is 2.99. The Morgan fingerprint density at radius 1 is 1.35 bits per heavy atom. The van der Waals surface area contributed by atoms with Crippen LogP contribution in [0.3, 0.4) is 0 Å². The molecule has 0 aliphatic heterocycles. The first kappa shape index (κ1) is 13.7. The van der Waals surface area contributed by atoms with Crippen LogP contribution >= 0.6 is 11.3 Å². The molecular weight excluding hydrogens is 315 g/mol. The van der Waals surface area contributed by atoms with Crippen LogP contribution in [-0.4, -0.2) is 14.6 Å². The van der Waals surface area contributed by atoms with Gasteiger partial charge in [-0.15, -0.1) is 5.10 Å². The monoisotopic (exact) mass is 324 g/mol. The van der Waals surface area contributed by atoms with E-state index >= 15 is 0 Å². The summed E-state index contributed by atoms with van der Waals surface area (Å²) in [7, 11) is 0. The van der Waals surface area contributed by atoms with Crippen LogP contribution in [0.15, 0.2) is 41.0 Å². The molecule has 0 fully saturated rings. The maximum atomic E-state index is 13.4. The molecule has 0 atom stereocenters. The third-order valence-corrected chi connectivity index (χ3v) is 4.40. The van der Waals surface area contributed by atoms with E-state index < -0.39 is 0 Å². The lowest BCUT2D eigenvalue weighted by Gasteiger charge is -2.01. The number of furan rings is 1. The number of hydrogen-bond acceptors (Lipinski definition) is 5. The van der Waals surface area contributed by atoms with Crippen molar-refractivity contribution in [1.29, 1.82) is 5.26 Å². The highest BCUT2D eigenvalue weighted by Gasteiger charge is 2.19. The fraction of sp³-hybridized carbons (Fsp3) is 0.0625. The molecule has 7 heteroatoms. The molecule has 0 aliphatic rings. The molecule has 0 bridgehead atoms. The van der Waals surface area contributed by atoms with E-state index in [0.29, 0.717) is 38.2 Å². The summed E-state index contributed by atoms with van der Waals surface area (Å²) in [4.78, 5) is 5.08. The van der Waals surface area contributed by atoms with Crippen LogP contribution in [0.5, 0.6) is 0 Å². The molecule has 3 heterocycles. The van der Waals surface area contributed by atoms with Gasteiger partial charge in [-0.05, 0) is 42.8 Å². The van der Waals surface area contributed by atoms with Crippen molar-refractivity contribution in [2.45, 2.75) is 6.92 Å². The van der Waals surface area contributed by atoms with E-state index in [1.54, 1.807) is 37.5 Å². The predicted molar refractivity (Wildman–Crippen MR) is 83.4 cm³/mol. The second kappa shape index (κ2) is 5.04. The third-order valence-electron chi connectivity index (χ3n) is 3.47. The Morgan fingerprint density at radius 3 is 2.91 bits per heavy atom. The minimum absolute atomic E-state index is 0.286. The van der Waals surface area contributed by atoms with Crippen LogP contribution in [0.1, 0.15) is 11.3 Å². The molecule has 0 radical (unpaired) electrons. The van der Waals surface area contributed by atoms with Crippen molar-refractivity contribution < 1.29 is 8.81 Å². The molecular formula is C16H9FN4OS. The molecule has 4 aromatic rings. The number of imidazole rings is 1. The van der Waals surface area contributed by atoms with E-state index in [2.05, 4.69) is 16.2 Å². The zero-order valence-corrected chi connectivity index (χ0v) is 12.8. The summed E-state index contributed by atoms with van der Waals surface area (Å²) in [5, 5.41) is 14.5. The van der Waals surface area contributed by atoms with E-state index in [9.17, 15) is 9.65 Å². The average Bonchev–Trinajstić information content (AvgIpc) is 3.23. The number of hydrogen-bond donors (Lipinski definition) is 0. The number of aryl methyl sites for hydroxylation is 1.